The molecule has 5 N–H and O–H groups in total. The van der Waals surface area contributed by atoms with E-state index in [2.05, 4.69) is 35.9 Å². The molecule has 2 heterocycles. The summed E-state index contributed by atoms with van der Waals surface area (Å²) in [6.07, 6.45) is 2.67. The third-order valence-electron chi connectivity index (χ3n) is 9.53. The summed E-state index contributed by atoms with van der Waals surface area (Å²) in [5.41, 5.74) is 2.51. The third-order valence-corrected chi connectivity index (χ3v) is 10.1. The predicted molar refractivity (Wildman–Crippen MR) is 232 cm³/mol. The summed E-state index contributed by atoms with van der Waals surface area (Å²) >= 11 is 0. The number of ether oxygens (including phenoxy) is 4. The first-order chi connectivity index (χ1) is 28.1. The first-order valence-electron chi connectivity index (χ1n) is 19.1. The summed E-state index contributed by atoms with van der Waals surface area (Å²) in [5, 5.41) is 13.6. The van der Waals surface area contributed by atoms with Crippen molar-refractivity contribution in [1.29, 1.82) is 0 Å². The number of aromatic nitrogens is 1. The lowest BCUT2D eigenvalue weighted by Gasteiger charge is -2.29. The Morgan fingerprint density at radius 1 is 0.864 bits per heavy atom. The number of morpholine rings is 1. The van der Waals surface area contributed by atoms with Crippen molar-refractivity contribution in [1.82, 2.24) is 15.2 Å². The lowest BCUT2D eigenvalue weighted by atomic mass is 9.86. The number of urea groups is 1. The molecule has 1 aliphatic rings. The first-order valence-corrected chi connectivity index (χ1v) is 21.0. The number of amides is 3. The molecule has 0 saturated carbocycles. The van der Waals surface area contributed by atoms with Gasteiger partial charge in [0.1, 0.15) is 23.1 Å². The number of pyridine rings is 1. The van der Waals surface area contributed by atoms with E-state index in [0.29, 0.717) is 64.3 Å². The van der Waals surface area contributed by atoms with Gasteiger partial charge in [-0.1, -0.05) is 45.0 Å². The number of fused-ring (bicyclic) bond motifs is 1. The molecule has 5 aromatic rings. The number of methoxy groups -OCH3 is 2. The molecular weight excluding hydrogens is 775 g/mol. The van der Waals surface area contributed by atoms with Gasteiger partial charge in [0.05, 0.1) is 56.3 Å². The Kier molecular flexibility index (Phi) is 13.1. The second-order valence-corrected chi connectivity index (χ2v) is 17.0. The maximum atomic E-state index is 13.5. The fourth-order valence-corrected chi connectivity index (χ4v) is 7.24. The molecule has 3 amide bonds. The van der Waals surface area contributed by atoms with Crippen LogP contribution in [0.4, 0.5) is 33.4 Å². The van der Waals surface area contributed by atoms with Crippen LogP contribution in [0.5, 0.6) is 23.0 Å². The maximum Gasteiger partial charge on any atom is 0.323 e. The molecule has 15 nitrogen and oxygen atoms in total. The Balaban J connectivity index is 1.16. The molecule has 16 heteroatoms. The molecule has 4 aromatic carbocycles. The zero-order valence-corrected chi connectivity index (χ0v) is 35.1. The number of carbonyl (C=O) groups is 2. The second kappa shape index (κ2) is 18.2. The Bertz CT molecular complexity index is 2430. The van der Waals surface area contributed by atoms with Crippen LogP contribution in [0.25, 0.3) is 10.8 Å². The van der Waals surface area contributed by atoms with E-state index < -0.39 is 16.1 Å². The Hall–Kier alpha value is -6.10. The molecule has 1 aromatic heterocycles. The van der Waals surface area contributed by atoms with Crippen molar-refractivity contribution in [3.05, 3.63) is 96.2 Å². The summed E-state index contributed by atoms with van der Waals surface area (Å²) in [5.74, 6) is 1.91. The topological polar surface area (TPSA) is 181 Å². The summed E-state index contributed by atoms with van der Waals surface area (Å²) < 4.78 is 49.8. The van der Waals surface area contributed by atoms with E-state index in [-0.39, 0.29) is 28.8 Å². The van der Waals surface area contributed by atoms with Gasteiger partial charge in [-0.3, -0.25) is 14.4 Å². The molecule has 1 fully saturated rings. The summed E-state index contributed by atoms with van der Waals surface area (Å²) in [6, 6.07) is 22.6. The number of nitrogens with zero attached hydrogens (tertiary/aromatic N) is 2. The number of hydrogen-bond acceptors (Lipinski definition) is 11. The Labute approximate surface area is 344 Å². The van der Waals surface area contributed by atoms with Crippen LogP contribution in [0.15, 0.2) is 85.1 Å². The smallest absolute Gasteiger partial charge is 0.323 e. The number of carbonyl (C=O) groups excluding carboxylic acids is 2. The minimum Gasteiger partial charge on any atom is -0.496 e. The second-order valence-electron chi connectivity index (χ2n) is 15.3. The van der Waals surface area contributed by atoms with Crippen molar-refractivity contribution in [3.63, 3.8) is 0 Å². The van der Waals surface area contributed by atoms with E-state index in [1.165, 1.54) is 14.2 Å². The van der Waals surface area contributed by atoms with Gasteiger partial charge < -0.3 is 40.2 Å². The third kappa shape index (κ3) is 11.1. The van der Waals surface area contributed by atoms with Gasteiger partial charge in [0.2, 0.25) is 10.0 Å². The molecule has 312 valence electrons. The Morgan fingerprint density at radius 3 is 2.27 bits per heavy atom. The SMILES string of the molecule is COc1cc(Nc2cc(Oc3ccc(NC(=O)Nc4cc(C(C)(C)C)cc(NS(C)(=O)=O)c4OC)c4ccccc34)ccn2)ccc1C(=O)N[C@H](C)CN1CCOCC1. The van der Waals surface area contributed by atoms with Crippen molar-refractivity contribution in [2.45, 2.75) is 39.2 Å². The van der Waals surface area contributed by atoms with E-state index in [1.807, 2.05) is 52.0 Å². The summed E-state index contributed by atoms with van der Waals surface area (Å²) in [4.78, 5) is 33.4. The van der Waals surface area contributed by atoms with Crippen LogP contribution < -0.4 is 40.2 Å². The van der Waals surface area contributed by atoms with Crippen LogP contribution in [0.3, 0.4) is 0 Å². The number of anilines is 5. The van der Waals surface area contributed by atoms with Crippen LogP contribution in [0.1, 0.15) is 43.6 Å². The van der Waals surface area contributed by atoms with Gasteiger partial charge in [-0.2, -0.15) is 0 Å². The highest BCUT2D eigenvalue weighted by Gasteiger charge is 2.23. The van der Waals surface area contributed by atoms with Crippen LogP contribution >= 0.6 is 0 Å². The average molecular weight is 826 g/mol. The molecule has 6 rings (SSSR count). The minimum atomic E-state index is -3.64. The van der Waals surface area contributed by atoms with Crippen LogP contribution in [0, 0.1) is 0 Å². The highest BCUT2D eigenvalue weighted by molar-refractivity contribution is 7.92. The number of nitrogens with one attached hydrogen (secondary N) is 5. The number of rotatable bonds is 14. The molecular formula is C43H51N7O8S. The summed E-state index contributed by atoms with van der Waals surface area (Å²) in [6.45, 7) is 11.7. The average Bonchev–Trinajstić information content (AvgIpc) is 3.18. The van der Waals surface area contributed by atoms with Gasteiger partial charge >= 0.3 is 6.03 Å². The van der Waals surface area contributed by atoms with Gasteiger partial charge in [0.25, 0.3) is 5.91 Å². The fraction of sp³-hybridized carbons (Fsp3) is 0.326. The zero-order valence-electron chi connectivity index (χ0n) is 34.3. The first kappa shape index (κ1) is 42.5. The van der Waals surface area contributed by atoms with Crippen molar-refractivity contribution >= 4 is 61.3 Å². The van der Waals surface area contributed by atoms with Crippen LogP contribution in [-0.4, -0.2) is 89.6 Å². The molecule has 1 saturated heterocycles. The fourth-order valence-electron chi connectivity index (χ4n) is 6.69. The standard InChI is InChI=1S/C43H51N7O8S/c1-27(26-50-18-20-57-21-19-50)45-41(51)33-13-12-29(24-38(33)55-5)46-39-25-30(16-17-44-39)58-37-15-14-34(31-10-8-9-11-32(31)37)47-42(52)48-35-22-28(43(2,3)4)23-36(40(35)56-6)49-59(7,53)54/h8-17,22-25,27,49H,18-21,26H2,1-7H3,(H,44,46)(H,45,51)(H2,47,48,52)/t27-/m1/s1. The molecule has 59 heavy (non-hydrogen) atoms. The molecule has 0 aliphatic carbocycles. The molecule has 0 spiro atoms. The molecule has 1 aliphatic heterocycles. The summed E-state index contributed by atoms with van der Waals surface area (Å²) in [7, 11) is -0.714. The Morgan fingerprint density at radius 2 is 1.58 bits per heavy atom. The van der Waals surface area contributed by atoms with E-state index in [9.17, 15) is 18.0 Å². The zero-order chi connectivity index (χ0) is 42.3. The van der Waals surface area contributed by atoms with Crippen molar-refractivity contribution < 1.29 is 37.0 Å². The molecule has 0 radical (unpaired) electrons. The van der Waals surface area contributed by atoms with Crippen LogP contribution in [0.2, 0.25) is 0 Å². The van der Waals surface area contributed by atoms with Gasteiger partial charge in [-0.15, -0.1) is 0 Å². The van der Waals surface area contributed by atoms with Gasteiger partial charge in [-0.25, -0.2) is 18.2 Å². The maximum absolute atomic E-state index is 13.5. The van der Waals surface area contributed by atoms with E-state index in [1.54, 1.807) is 60.8 Å². The lowest BCUT2D eigenvalue weighted by molar-refractivity contribution is 0.0342. The van der Waals surface area contributed by atoms with Crippen molar-refractivity contribution in [2.24, 2.45) is 0 Å². The van der Waals surface area contributed by atoms with Gasteiger partial charge in [-0.05, 0) is 60.4 Å². The largest absolute Gasteiger partial charge is 0.496 e. The van der Waals surface area contributed by atoms with Gasteiger partial charge in [0.15, 0.2) is 5.75 Å². The quantitative estimate of drug-likeness (QED) is 0.0746. The molecule has 1 atom stereocenters. The molecule has 0 bridgehead atoms. The number of sulfonamides is 1. The van der Waals surface area contributed by atoms with E-state index >= 15 is 0 Å². The van der Waals surface area contributed by atoms with Crippen LogP contribution in [-0.2, 0) is 20.2 Å². The molecule has 0 unspecified atom stereocenters. The van der Waals surface area contributed by atoms with E-state index in [0.717, 1.165) is 36.8 Å². The lowest BCUT2D eigenvalue weighted by Crippen LogP contribution is -2.46. The van der Waals surface area contributed by atoms with Crippen molar-refractivity contribution in [2.75, 3.05) is 74.0 Å². The highest BCUT2D eigenvalue weighted by atomic mass is 32.2. The highest BCUT2D eigenvalue weighted by Crippen LogP contribution is 2.40. The predicted octanol–water partition coefficient (Wildman–Crippen LogP) is 7.55. The normalized spacial score (nSPS) is 13.9. The number of hydrogen-bond donors (Lipinski definition) is 5. The monoisotopic (exact) mass is 825 g/mol. The number of benzene rings is 4. The van der Waals surface area contributed by atoms with Crippen molar-refractivity contribution in [3.8, 4) is 23.0 Å². The van der Waals surface area contributed by atoms with E-state index in [4.69, 9.17) is 18.9 Å². The minimum absolute atomic E-state index is 0.0611. The van der Waals surface area contributed by atoms with Gasteiger partial charge in [0, 0.05) is 60.5 Å².